The van der Waals surface area contributed by atoms with Crippen LogP contribution in [0.15, 0.2) is 64.9 Å². The summed E-state index contributed by atoms with van der Waals surface area (Å²) >= 11 is 0. The molecule has 2 aromatic heterocycles. The summed E-state index contributed by atoms with van der Waals surface area (Å²) in [5, 5.41) is 7.88. The lowest BCUT2D eigenvalue weighted by Crippen LogP contribution is -2.40. The lowest BCUT2D eigenvalue weighted by Gasteiger charge is -2.37. The van der Waals surface area contributed by atoms with Crippen molar-refractivity contribution >= 4 is 11.7 Å². The van der Waals surface area contributed by atoms with Gasteiger partial charge in [0.25, 0.3) is 0 Å². The highest BCUT2D eigenvalue weighted by Crippen LogP contribution is 2.44. The van der Waals surface area contributed by atoms with Crippen LogP contribution in [0.25, 0.3) is 0 Å². The fraction of sp³-hybridized carbons (Fsp3) is 0.250. The van der Waals surface area contributed by atoms with Gasteiger partial charge in [-0.3, -0.25) is 4.79 Å². The van der Waals surface area contributed by atoms with E-state index in [1.54, 1.807) is 6.26 Å². The van der Waals surface area contributed by atoms with Gasteiger partial charge in [-0.05, 0) is 24.6 Å². The number of hydrogen-bond donors (Lipinski definition) is 1. The van der Waals surface area contributed by atoms with Gasteiger partial charge in [0.1, 0.15) is 17.4 Å². The van der Waals surface area contributed by atoms with Gasteiger partial charge in [-0.1, -0.05) is 36.4 Å². The van der Waals surface area contributed by atoms with Crippen molar-refractivity contribution < 1.29 is 9.21 Å². The number of hydrogen-bond acceptors (Lipinski definition) is 5. The molecule has 0 bridgehead atoms. The summed E-state index contributed by atoms with van der Waals surface area (Å²) in [6, 6.07) is 13.6. The summed E-state index contributed by atoms with van der Waals surface area (Å²) in [4.78, 5) is 17.6. The smallest absolute Gasteiger partial charge is 0.226 e. The number of carbonyl (C=O) groups is 1. The van der Waals surface area contributed by atoms with Crippen molar-refractivity contribution in [2.45, 2.75) is 25.3 Å². The molecule has 0 unspecified atom stereocenters. The number of ketones is 1. The molecular formula is C20H18N4O2. The van der Waals surface area contributed by atoms with E-state index in [2.05, 4.69) is 21.5 Å². The number of fused-ring (bicyclic) bond motifs is 2. The Kier molecular flexibility index (Phi) is 3.31. The Hall–Kier alpha value is -3.15. The topological polar surface area (TPSA) is 73.0 Å². The van der Waals surface area contributed by atoms with Crippen molar-refractivity contribution in [1.82, 2.24) is 14.8 Å². The van der Waals surface area contributed by atoms with Gasteiger partial charge in [0.05, 0.1) is 18.2 Å². The molecule has 0 amide bonds. The number of nitrogens with one attached hydrogen (secondary N) is 1. The van der Waals surface area contributed by atoms with E-state index in [9.17, 15) is 4.79 Å². The van der Waals surface area contributed by atoms with Crippen LogP contribution < -0.4 is 5.32 Å². The molecule has 130 valence electrons. The van der Waals surface area contributed by atoms with E-state index in [1.807, 2.05) is 54.1 Å². The van der Waals surface area contributed by atoms with Crippen LogP contribution in [0.3, 0.4) is 0 Å². The van der Waals surface area contributed by atoms with Crippen LogP contribution in [0, 0.1) is 12.8 Å². The van der Waals surface area contributed by atoms with Gasteiger partial charge in [0.2, 0.25) is 5.95 Å². The molecular weight excluding hydrogens is 328 g/mol. The summed E-state index contributed by atoms with van der Waals surface area (Å²) in [5.41, 5.74) is 1.94. The summed E-state index contributed by atoms with van der Waals surface area (Å²) in [6.07, 6.45) is 4.18. The number of anilines is 1. The fourth-order valence-electron chi connectivity index (χ4n) is 4.01. The number of rotatable bonds is 2. The number of allylic oxidation sites excluding steroid dienone is 2. The minimum atomic E-state index is -0.294. The predicted octanol–water partition coefficient (Wildman–Crippen LogP) is 3.45. The predicted molar refractivity (Wildman–Crippen MR) is 95.6 cm³/mol. The highest BCUT2D eigenvalue weighted by molar-refractivity contribution is 5.88. The molecule has 2 aliphatic rings. The zero-order valence-electron chi connectivity index (χ0n) is 14.3. The first-order chi connectivity index (χ1) is 12.7. The second-order valence-corrected chi connectivity index (χ2v) is 6.80. The van der Waals surface area contributed by atoms with E-state index >= 15 is 0 Å². The molecule has 1 N–H and O–H groups in total. The zero-order chi connectivity index (χ0) is 17.7. The molecule has 1 aliphatic carbocycles. The number of benzene rings is 1. The van der Waals surface area contributed by atoms with Crippen LogP contribution in [0.4, 0.5) is 5.95 Å². The monoisotopic (exact) mass is 346 g/mol. The van der Waals surface area contributed by atoms with Gasteiger partial charge < -0.3 is 9.73 Å². The van der Waals surface area contributed by atoms with E-state index < -0.39 is 0 Å². The normalized spacial score (nSPS) is 24.4. The molecule has 3 atom stereocenters. The molecule has 26 heavy (non-hydrogen) atoms. The SMILES string of the molecule is Cc1nc2n(n1)[C@H](c1ccccc1)[C@H]1C(=O)C[C@H](c3ccco3)C=C1N2. The van der Waals surface area contributed by atoms with Gasteiger partial charge in [-0.25, -0.2) is 4.68 Å². The van der Waals surface area contributed by atoms with E-state index in [0.717, 1.165) is 17.0 Å². The van der Waals surface area contributed by atoms with Crippen molar-refractivity contribution in [3.8, 4) is 0 Å². The Balaban J connectivity index is 1.66. The lowest BCUT2D eigenvalue weighted by molar-refractivity contribution is -0.123. The van der Waals surface area contributed by atoms with Gasteiger partial charge in [0.15, 0.2) is 0 Å². The Morgan fingerprint density at radius 3 is 2.81 bits per heavy atom. The third-order valence-electron chi connectivity index (χ3n) is 5.11. The molecule has 0 spiro atoms. The van der Waals surface area contributed by atoms with Gasteiger partial charge >= 0.3 is 0 Å². The molecule has 1 aliphatic heterocycles. The number of nitrogens with zero attached hydrogens (tertiary/aromatic N) is 3. The summed E-state index contributed by atoms with van der Waals surface area (Å²) < 4.78 is 7.37. The maximum absolute atomic E-state index is 13.2. The van der Waals surface area contributed by atoms with Gasteiger partial charge in [-0.15, -0.1) is 0 Å². The molecule has 6 nitrogen and oxygen atoms in total. The zero-order valence-corrected chi connectivity index (χ0v) is 14.3. The summed E-state index contributed by atoms with van der Waals surface area (Å²) in [7, 11) is 0. The summed E-state index contributed by atoms with van der Waals surface area (Å²) in [5.74, 6) is 2.00. The number of Topliss-reactive ketones (excluding diaryl/α,β-unsaturated/α-hetero) is 1. The average molecular weight is 346 g/mol. The van der Waals surface area contributed by atoms with Crippen LogP contribution in [0.2, 0.25) is 0 Å². The quantitative estimate of drug-likeness (QED) is 0.769. The van der Waals surface area contributed by atoms with E-state index in [4.69, 9.17) is 4.42 Å². The van der Waals surface area contributed by atoms with E-state index in [0.29, 0.717) is 18.2 Å². The van der Waals surface area contributed by atoms with Crippen molar-refractivity contribution in [2.24, 2.45) is 5.92 Å². The molecule has 1 aromatic carbocycles. The number of furan rings is 1. The van der Waals surface area contributed by atoms with Crippen LogP contribution in [0.1, 0.15) is 35.5 Å². The standard InChI is InChI=1S/C20H18N4O2/c1-12-21-20-22-15-10-14(17-8-5-9-26-17)11-16(25)18(15)19(24(20)23-12)13-6-3-2-4-7-13/h2-10,14,18-19H,11H2,1H3,(H,21,22,23)/t14-,18-,19-/m1/s1. The van der Waals surface area contributed by atoms with Crippen molar-refractivity contribution in [3.05, 3.63) is 77.6 Å². The highest BCUT2D eigenvalue weighted by Gasteiger charge is 2.43. The average Bonchev–Trinajstić information content (AvgIpc) is 3.29. The maximum Gasteiger partial charge on any atom is 0.226 e. The third kappa shape index (κ3) is 2.29. The Morgan fingerprint density at radius 2 is 2.04 bits per heavy atom. The Morgan fingerprint density at radius 1 is 1.19 bits per heavy atom. The minimum absolute atomic E-state index is 0.0526. The van der Waals surface area contributed by atoms with E-state index in [-0.39, 0.29) is 23.7 Å². The number of aromatic nitrogens is 3. The molecule has 0 fully saturated rings. The Labute approximate surface area is 150 Å². The minimum Gasteiger partial charge on any atom is -0.469 e. The molecule has 0 saturated carbocycles. The number of carbonyl (C=O) groups excluding carboxylic acids is 1. The largest absolute Gasteiger partial charge is 0.469 e. The van der Waals surface area contributed by atoms with Gasteiger partial charge in [-0.2, -0.15) is 10.1 Å². The van der Waals surface area contributed by atoms with E-state index in [1.165, 1.54) is 0 Å². The van der Waals surface area contributed by atoms with Crippen molar-refractivity contribution in [1.29, 1.82) is 0 Å². The van der Waals surface area contributed by atoms with Gasteiger partial charge in [0, 0.05) is 18.0 Å². The Bertz CT molecular complexity index is 988. The maximum atomic E-state index is 13.2. The lowest BCUT2D eigenvalue weighted by atomic mass is 9.77. The van der Waals surface area contributed by atoms with Crippen LogP contribution in [-0.4, -0.2) is 20.5 Å². The molecule has 5 rings (SSSR count). The number of aryl methyl sites for hydroxylation is 1. The second-order valence-electron chi connectivity index (χ2n) is 6.80. The molecule has 0 radical (unpaired) electrons. The summed E-state index contributed by atoms with van der Waals surface area (Å²) in [6.45, 7) is 1.86. The van der Waals surface area contributed by atoms with Crippen LogP contribution >= 0.6 is 0 Å². The molecule has 3 heterocycles. The molecule has 0 saturated heterocycles. The third-order valence-corrected chi connectivity index (χ3v) is 5.11. The van der Waals surface area contributed by atoms with Crippen molar-refractivity contribution in [3.63, 3.8) is 0 Å². The molecule has 6 heteroatoms. The van der Waals surface area contributed by atoms with Crippen LogP contribution in [-0.2, 0) is 4.79 Å². The first-order valence-electron chi connectivity index (χ1n) is 8.73. The first-order valence-corrected chi connectivity index (χ1v) is 8.73. The molecule has 3 aromatic rings. The second kappa shape index (κ2) is 5.69. The first kappa shape index (κ1) is 15.1. The van der Waals surface area contributed by atoms with Crippen molar-refractivity contribution in [2.75, 3.05) is 5.32 Å². The highest BCUT2D eigenvalue weighted by atomic mass is 16.3. The van der Waals surface area contributed by atoms with Crippen LogP contribution in [0.5, 0.6) is 0 Å². The fourth-order valence-corrected chi connectivity index (χ4v) is 4.01.